The Balaban J connectivity index is 1.42. The van der Waals surface area contributed by atoms with Crippen LogP contribution in [0.15, 0.2) is 60.7 Å². The number of carbonyl (C=O) groups is 1. The minimum atomic E-state index is -0.612. The molecule has 27 heavy (non-hydrogen) atoms. The molecule has 2 atom stereocenters. The average Bonchev–Trinajstić information content (AvgIpc) is 3.21. The van der Waals surface area contributed by atoms with Crippen LogP contribution in [0.3, 0.4) is 0 Å². The first kappa shape index (κ1) is 17.7. The van der Waals surface area contributed by atoms with Gasteiger partial charge in [-0.15, -0.1) is 0 Å². The zero-order valence-corrected chi connectivity index (χ0v) is 15.4. The molecule has 1 spiro atoms. The second kappa shape index (κ2) is 6.82. The summed E-state index contributed by atoms with van der Waals surface area (Å²) >= 11 is 0. The van der Waals surface area contributed by atoms with Gasteiger partial charge in [-0.1, -0.05) is 36.9 Å². The van der Waals surface area contributed by atoms with Gasteiger partial charge in [-0.05, 0) is 42.2 Å². The molecule has 1 amide bonds. The highest BCUT2D eigenvalue weighted by molar-refractivity contribution is 5.93. The minimum absolute atomic E-state index is 0.109. The van der Waals surface area contributed by atoms with Crippen LogP contribution in [0.5, 0.6) is 5.75 Å². The number of likely N-dealkylation sites (N-methyl/N-ethyl adjacent to an activating group) is 1. The molecule has 4 nitrogen and oxygen atoms in total. The molecule has 2 aromatic rings. The fourth-order valence-electron chi connectivity index (χ4n) is 4.04. The predicted octanol–water partition coefficient (Wildman–Crippen LogP) is 3.60. The molecule has 140 valence electrons. The summed E-state index contributed by atoms with van der Waals surface area (Å²) in [4.78, 5) is 14.3. The quantitative estimate of drug-likeness (QED) is 0.841. The van der Waals surface area contributed by atoms with Gasteiger partial charge in [-0.2, -0.15) is 0 Å². The molecule has 0 aliphatic carbocycles. The number of hydrogen-bond acceptors (Lipinski definition) is 3. The van der Waals surface area contributed by atoms with Gasteiger partial charge < -0.3 is 9.64 Å². The Morgan fingerprint density at radius 3 is 2.67 bits per heavy atom. The first-order chi connectivity index (χ1) is 13.0. The van der Waals surface area contributed by atoms with Crippen molar-refractivity contribution in [2.75, 3.05) is 13.6 Å². The predicted molar refractivity (Wildman–Crippen MR) is 102 cm³/mol. The molecular formula is C22H23FN2O2. The van der Waals surface area contributed by atoms with E-state index in [1.165, 1.54) is 6.07 Å². The number of halogens is 1. The second-order valence-corrected chi connectivity index (χ2v) is 7.35. The molecule has 0 unspecified atom stereocenters. The van der Waals surface area contributed by atoms with Gasteiger partial charge in [0.1, 0.15) is 23.7 Å². The normalized spacial score (nSPS) is 24.8. The Labute approximate surface area is 158 Å². The molecule has 0 saturated carbocycles. The van der Waals surface area contributed by atoms with Crippen molar-refractivity contribution in [2.45, 2.75) is 31.0 Å². The van der Waals surface area contributed by atoms with E-state index in [1.807, 2.05) is 31.3 Å². The third-order valence-electron chi connectivity index (χ3n) is 5.61. The number of nitrogens with zero attached hydrogens (tertiary/aromatic N) is 1. The number of nitrogens with one attached hydrogen (secondary N) is 1. The van der Waals surface area contributed by atoms with Crippen LogP contribution in [-0.2, 0) is 11.4 Å². The number of likely N-dealkylation sites (tertiary alicyclic amines) is 1. The summed E-state index contributed by atoms with van der Waals surface area (Å²) in [5.74, 6) is 0.539. The van der Waals surface area contributed by atoms with Gasteiger partial charge in [0.05, 0.1) is 0 Å². The summed E-state index contributed by atoms with van der Waals surface area (Å²) < 4.78 is 19.4. The standard InChI is InChI=1S/C22H23FN2O2/c1-15-13-25(2)21(26)22(15)12-11-20(24-22)16-7-9-18(10-8-16)27-14-17-5-3-4-6-19(17)23/h3-10,20,24H,1,11-14H2,2H3/t20-,22-/m1/s1. The van der Waals surface area contributed by atoms with Crippen molar-refractivity contribution < 1.29 is 13.9 Å². The monoisotopic (exact) mass is 366 g/mol. The molecule has 2 aliphatic heterocycles. The van der Waals surface area contributed by atoms with E-state index in [2.05, 4.69) is 11.9 Å². The van der Waals surface area contributed by atoms with Crippen molar-refractivity contribution in [3.63, 3.8) is 0 Å². The van der Waals surface area contributed by atoms with Gasteiger partial charge in [0, 0.05) is 25.2 Å². The summed E-state index contributed by atoms with van der Waals surface area (Å²) in [5, 5.41) is 3.52. The van der Waals surface area contributed by atoms with Gasteiger partial charge in [-0.25, -0.2) is 4.39 Å². The van der Waals surface area contributed by atoms with Crippen LogP contribution in [0.25, 0.3) is 0 Å². The van der Waals surface area contributed by atoms with Crippen LogP contribution in [0.4, 0.5) is 4.39 Å². The number of amides is 1. The molecule has 2 aromatic carbocycles. The Bertz CT molecular complexity index is 880. The zero-order valence-electron chi connectivity index (χ0n) is 15.4. The van der Waals surface area contributed by atoms with Crippen LogP contribution in [0.1, 0.15) is 30.0 Å². The summed E-state index contributed by atoms with van der Waals surface area (Å²) in [5.41, 5.74) is 1.98. The van der Waals surface area contributed by atoms with E-state index in [0.29, 0.717) is 17.9 Å². The first-order valence-electron chi connectivity index (χ1n) is 9.17. The molecule has 0 radical (unpaired) electrons. The van der Waals surface area contributed by atoms with Crippen LogP contribution in [0, 0.1) is 5.82 Å². The van der Waals surface area contributed by atoms with Gasteiger partial charge in [0.2, 0.25) is 5.91 Å². The van der Waals surface area contributed by atoms with Crippen molar-refractivity contribution in [2.24, 2.45) is 0 Å². The minimum Gasteiger partial charge on any atom is -0.489 e. The maximum atomic E-state index is 13.7. The molecule has 0 bridgehead atoms. The van der Waals surface area contributed by atoms with Gasteiger partial charge in [0.15, 0.2) is 0 Å². The lowest BCUT2D eigenvalue weighted by Gasteiger charge is -2.24. The molecule has 0 aromatic heterocycles. The van der Waals surface area contributed by atoms with Gasteiger partial charge in [-0.3, -0.25) is 10.1 Å². The number of ether oxygens (including phenoxy) is 1. The van der Waals surface area contributed by atoms with E-state index in [9.17, 15) is 9.18 Å². The van der Waals surface area contributed by atoms with Crippen LogP contribution in [0.2, 0.25) is 0 Å². The van der Waals surface area contributed by atoms with E-state index >= 15 is 0 Å². The Morgan fingerprint density at radius 1 is 1.26 bits per heavy atom. The van der Waals surface area contributed by atoms with E-state index in [4.69, 9.17) is 4.74 Å². The maximum absolute atomic E-state index is 13.7. The average molecular weight is 366 g/mol. The molecule has 2 aliphatic rings. The Morgan fingerprint density at radius 2 is 2.00 bits per heavy atom. The molecule has 2 heterocycles. The third-order valence-corrected chi connectivity index (χ3v) is 5.61. The molecule has 4 rings (SSSR count). The van der Waals surface area contributed by atoms with Crippen molar-refractivity contribution in [1.29, 1.82) is 0 Å². The second-order valence-electron chi connectivity index (χ2n) is 7.35. The third kappa shape index (κ3) is 3.12. The molecular weight excluding hydrogens is 343 g/mol. The fraction of sp³-hybridized carbons (Fsp3) is 0.318. The van der Waals surface area contributed by atoms with Crippen LogP contribution >= 0.6 is 0 Å². The zero-order chi connectivity index (χ0) is 19.0. The number of carbonyl (C=O) groups excluding carboxylic acids is 1. The number of hydrogen-bond donors (Lipinski definition) is 1. The first-order valence-corrected chi connectivity index (χ1v) is 9.17. The van der Waals surface area contributed by atoms with E-state index in [0.717, 1.165) is 24.0 Å². The highest BCUT2D eigenvalue weighted by Crippen LogP contribution is 2.41. The number of rotatable bonds is 4. The van der Waals surface area contributed by atoms with E-state index in [1.54, 1.807) is 23.1 Å². The lowest BCUT2D eigenvalue weighted by Crippen LogP contribution is -2.48. The van der Waals surface area contributed by atoms with Gasteiger partial charge >= 0.3 is 0 Å². The van der Waals surface area contributed by atoms with Crippen molar-refractivity contribution in [3.8, 4) is 5.75 Å². The van der Waals surface area contributed by atoms with Crippen molar-refractivity contribution >= 4 is 5.91 Å². The summed E-state index contributed by atoms with van der Waals surface area (Å²) in [7, 11) is 1.82. The lowest BCUT2D eigenvalue weighted by molar-refractivity contribution is -0.131. The molecule has 2 saturated heterocycles. The maximum Gasteiger partial charge on any atom is 0.247 e. The Kier molecular flexibility index (Phi) is 4.48. The molecule has 5 heteroatoms. The highest BCUT2D eigenvalue weighted by Gasteiger charge is 2.52. The van der Waals surface area contributed by atoms with Crippen LogP contribution < -0.4 is 10.1 Å². The van der Waals surface area contributed by atoms with Gasteiger partial charge in [0.25, 0.3) is 0 Å². The highest BCUT2D eigenvalue weighted by atomic mass is 19.1. The largest absolute Gasteiger partial charge is 0.489 e. The summed E-state index contributed by atoms with van der Waals surface area (Å²) in [6.45, 7) is 4.92. The number of benzene rings is 2. The SMILES string of the molecule is C=C1CN(C)C(=O)[C@@]12CC[C@H](c1ccc(OCc3ccccc3F)cc1)N2. The van der Waals surface area contributed by atoms with E-state index < -0.39 is 5.54 Å². The fourth-order valence-corrected chi connectivity index (χ4v) is 4.04. The smallest absolute Gasteiger partial charge is 0.247 e. The topological polar surface area (TPSA) is 41.6 Å². The molecule has 2 fully saturated rings. The summed E-state index contributed by atoms with van der Waals surface area (Å²) in [6.07, 6.45) is 1.65. The van der Waals surface area contributed by atoms with Crippen LogP contribution in [-0.4, -0.2) is 29.9 Å². The Hall–Kier alpha value is -2.66. The van der Waals surface area contributed by atoms with E-state index in [-0.39, 0.29) is 24.4 Å². The molecule has 1 N–H and O–H groups in total. The summed E-state index contributed by atoms with van der Waals surface area (Å²) in [6, 6.07) is 14.5. The van der Waals surface area contributed by atoms with Crippen molar-refractivity contribution in [3.05, 3.63) is 77.6 Å². The lowest BCUT2D eigenvalue weighted by atomic mass is 9.92. The van der Waals surface area contributed by atoms with Crippen molar-refractivity contribution in [1.82, 2.24) is 10.2 Å².